The van der Waals surface area contributed by atoms with Crippen LogP contribution < -0.4 is 14.9 Å². The summed E-state index contributed by atoms with van der Waals surface area (Å²) < 4.78 is 11.4. The Morgan fingerprint density at radius 1 is 1.14 bits per heavy atom. The van der Waals surface area contributed by atoms with Gasteiger partial charge >= 0.3 is 0 Å². The number of carbonyl (C=O) groups is 1. The van der Waals surface area contributed by atoms with E-state index in [0.29, 0.717) is 17.9 Å². The molecule has 36 heavy (non-hydrogen) atoms. The molecule has 1 aliphatic heterocycles. The van der Waals surface area contributed by atoms with Crippen LogP contribution in [0.25, 0.3) is 0 Å². The Hall–Kier alpha value is -3.55. The van der Waals surface area contributed by atoms with Crippen LogP contribution in [0.3, 0.4) is 0 Å². The van der Waals surface area contributed by atoms with Gasteiger partial charge in [0, 0.05) is 30.3 Å². The summed E-state index contributed by atoms with van der Waals surface area (Å²) in [6.45, 7) is 3.84. The number of unbranched alkanes of at least 4 members (excludes halogenated alkanes) is 1. The zero-order valence-electron chi connectivity index (χ0n) is 20.2. The fourth-order valence-electron chi connectivity index (χ4n) is 4.13. The number of hydrazone groups is 1. The Morgan fingerprint density at radius 2 is 1.97 bits per heavy atom. The quantitative estimate of drug-likeness (QED) is 0.228. The van der Waals surface area contributed by atoms with Crippen LogP contribution in [0.15, 0.2) is 65.8 Å². The van der Waals surface area contributed by atoms with Gasteiger partial charge < -0.3 is 14.6 Å². The molecule has 0 unspecified atom stereocenters. The van der Waals surface area contributed by atoms with Crippen molar-refractivity contribution in [1.82, 2.24) is 10.3 Å². The average Bonchev–Trinajstić information content (AvgIpc) is 2.90. The van der Waals surface area contributed by atoms with Gasteiger partial charge in [0.2, 0.25) is 0 Å². The van der Waals surface area contributed by atoms with Gasteiger partial charge in [-0.3, -0.25) is 9.69 Å². The van der Waals surface area contributed by atoms with E-state index in [4.69, 9.17) is 21.1 Å². The molecule has 0 saturated carbocycles. The summed E-state index contributed by atoms with van der Waals surface area (Å²) in [5, 5.41) is 13.6. The molecule has 0 bridgehead atoms. The van der Waals surface area contributed by atoms with E-state index in [0.717, 1.165) is 44.6 Å². The van der Waals surface area contributed by atoms with E-state index in [1.54, 1.807) is 7.11 Å². The number of amides is 1. The molecule has 0 saturated heterocycles. The number of halogens is 1. The molecule has 0 spiro atoms. The van der Waals surface area contributed by atoms with Gasteiger partial charge in [-0.15, -0.1) is 0 Å². The minimum Gasteiger partial charge on any atom is -0.506 e. The third-order valence-corrected chi connectivity index (χ3v) is 6.43. The first-order chi connectivity index (χ1) is 17.5. The molecule has 3 aromatic rings. The highest BCUT2D eigenvalue weighted by molar-refractivity contribution is 6.32. The maximum Gasteiger partial charge on any atom is 0.271 e. The van der Waals surface area contributed by atoms with E-state index in [9.17, 15) is 9.90 Å². The van der Waals surface area contributed by atoms with Crippen LogP contribution in [0.2, 0.25) is 5.02 Å². The van der Waals surface area contributed by atoms with E-state index < -0.39 is 5.91 Å². The summed E-state index contributed by atoms with van der Waals surface area (Å²) in [5.74, 6) is 0.779. The number of methoxy groups -OCH3 is 1. The van der Waals surface area contributed by atoms with E-state index in [1.807, 2.05) is 18.2 Å². The highest BCUT2D eigenvalue weighted by Gasteiger charge is 2.15. The number of nitrogens with zero attached hydrogens (tertiary/aromatic N) is 2. The van der Waals surface area contributed by atoms with Crippen molar-refractivity contribution in [2.75, 3.05) is 26.8 Å². The van der Waals surface area contributed by atoms with E-state index in [1.165, 1.54) is 35.5 Å². The highest BCUT2D eigenvalue weighted by atomic mass is 35.5. The number of phenolic OH excluding ortho intramolecular Hbond substituents is 1. The number of fused-ring (bicyclic) bond motifs is 1. The normalized spacial score (nSPS) is 13.4. The van der Waals surface area contributed by atoms with Crippen LogP contribution >= 0.6 is 11.6 Å². The van der Waals surface area contributed by atoms with Crippen molar-refractivity contribution in [3.63, 3.8) is 0 Å². The van der Waals surface area contributed by atoms with Crippen molar-refractivity contribution in [2.24, 2.45) is 5.10 Å². The van der Waals surface area contributed by atoms with Crippen LogP contribution in [0, 0.1) is 0 Å². The van der Waals surface area contributed by atoms with Crippen LogP contribution in [0.5, 0.6) is 17.2 Å². The predicted molar refractivity (Wildman–Crippen MR) is 141 cm³/mol. The van der Waals surface area contributed by atoms with E-state index in [2.05, 4.69) is 39.7 Å². The number of ether oxygens (including phenoxy) is 2. The molecular formula is C28H30ClN3O4. The van der Waals surface area contributed by atoms with Gasteiger partial charge in [0.25, 0.3) is 5.91 Å². The summed E-state index contributed by atoms with van der Waals surface area (Å²) in [6.07, 6.45) is 4.67. The molecule has 7 nitrogen and oxygen atoms in total. The van der Waals surface area contributed by atoms with Crippen LogP contribution in [-0.2, 0) is 13.0 Å². The number of phenols is 1. The van der Waals surface area contributed by atoms with Gasteiger partial charge in [0.15, 0.2) is 0 Å². The third-order valence-electron chi connectivity index (χ3n) is 6.13. The number of nitrogens with one attached hydrogen (secondary N) is 1. The van der Waals surface area contributed by atoms with E-state index >= 15 is 0 Å². The summed E-state index contributed by atoms with van der Waals surface area (Å²) in [5.41, 5.74) is 6.34. The first-order valence-electron chi connectivity index (χ1n) is 12.0. The van der Waals surface area contributed by atoms with Crippen molar-refractivity contribution in [1.29, 1.82) is 0 Å². The molecule has 3 aromatic carbocycles. The fraction of sp³-hybridized carbons (Fsp3) is 0.286. The second kappa shape index (κ2) is 12.4. The lowest BCUT2D eigenvalue weighted by atomic mass is 10.00. The number of aromatic hydroxyl groups is 1. The maximum atomic E-state index is 12.2. The second-order valence-electron chi connectivity index (χ2n) is 8.62. The van der Waals surface area contributed by atoms with Gasteiger partial charge in [-0.05, 0) is 67.3 Å². The lowest BCUT2D eigenvalue weighted by Gasteiger charge is -2.28. The van der Waals surface area contributed by atoms with Gasteiger partial charge in [0.1, 0.15) is 17.2 Å². The number of carbonyl (C=O) groups excluding carboxylic acids is 1. The van der Waals surface area contributed by atoms with Crippen molar-refractivity contribution >= 4 is 23.7 Å². The van der Waals surface area contributed by atoms with Crippen LogP contribution in [0.4, 0.5) is 0 Å². The summed E-state index contributed by atoms with van der Waals surface area (Å²) in [6, 6.07) is 18.4. The molecule has 2 N–H and O–H groups in total. The molecule has 188 valence electrons. The molecule has 0 radical (unpaired) electrons. The van der Waals surface area contributed by atoms with Crippen LogP contribution in [0.1, 0.15) is 39.9 Å². The van der Waals surface area contributed by atoms with Crippen molar-refractivity contribution in [2.45, 2.75) is 25.8 Å². The monoisotopic (exact) mass is 507 g/mol. The number of hydrogen-bond donors (Lipinski definition) is 2. The van der Waals surface area contributed by atoms with Gasteiger partial charge in [0.05, 0.1) is 25.0 Å². The Morgan fingerprint density at radius 3 is 2.78 bits per heavy atom. The molecule has 1 heterocycles. The van der Waals surface area contributed by atoms with Crippen LogP contribution in [-0.4, -0.2) is 48.9 Å². The summed E-state index contributed by atoms with van der Waals surface area (Å²) in [7, 11) is 1.57. The van der Waals surface area contributed by atoms with Crippen molar-refractivity contribution in [3.8, 4) is 17.2 Å². The standard InChI is InChI=1S/C28H30ClN3O4/c1-35-27-17-24(36-15-5-4-13-32-14-12-20-6-2-3-7-23(20)19-32)10-8-22(27)18-30-31-28(34)21-9-11-26(33)25(29)16-21/h2-3,6-11,16-18,33H,4-5,12-15,19H2,1H3,(H,31,34). The van der Waals surface area contributed by atoms with Crippen molar-refractivity contribution in [3.05, 3.63) is 87.9 Å². The van der Waals surface area contributed by atoms with E-state index in [-0.39, 0.29) is 16.3 Å². The Labute approximate surface area is 216 Å². The lowest BCUT2D eigenvalue weighted by Crippen LogP contribution is -2.31. The van der Waals surface area contributed by atoms with Gasteiger partial charge in [-0.1, -0.05) is 35.9 Å². The number of hydrogen-bond acceptors (Lipinski definition) is 6. The SMILES string of the molecule is COc1cc(OCCCCN2CCc3ccccc3C2)ccc1C=NNC(=O)c1ccc(O)c(Cl)c1. The molecule has 1 aliphatic rings. The molecule has 1 amide bonds. The Bertz CT molecular complexity index is 1230. The first kappa shape index (κ1) is 25.5. The molecule has 4 rings (SSSR count). The zero-order valence-corrected chi connectivity index (χ0v) is 21.0. The second-order valence-corrected chi connectivity index (χ2v) is 9.03. The molecule has 0 aromatic heterocycles. The minimum atomic E-state index is -0.444. The van der Waals surface area contributed by atoms with Gasteiger partial charge in [-0.2, -0.15) is 5.10 Å². The molecule has 0 atom stereocenters. The predicted octanol–water partition coefficient (Wildman–Crippen LogP) is 5.04. The summed E-state index contributed by atoms with van der Waals surface area (Å²) >= 11 is 5.85. The first-order valence-corrected chi connectivity index (χ1v) is 12.3. The number of benzene rings is 3. The zero-order chi connectivity index (χ0) is 25.3. The minimum absolute atomic E-state index is 0.0862. The van der Waals surface area contributed by atoms with Gasteiger partial charge in [-0.25, -0.2) is 5.43 Å². The molecule has 8 heteroatoms. The molecular weight excluding hydrogens is 478 g/mol. The maximum absolute atomic E-state index is 12.2. The molecule has 0 aliphatic carbocycles. The highest BCUT2D eigenvalue weighted by Crippen LogP contribution is 2.25. The largest absolute Gasteiger partial charge is 0.506 e. The topological polar surface area (TPSA) is 83.4 Å². The Kier molecular flexibility index (Phi) is 8.81. The summed E-state index contributed by atoms with van der Waals surface area (Å²) in [4.78, 5) is 14.7. The molecule has 0 fully saturated rings. The Balaban J connectivity index is 1.21. The fourth-order valence-corrected chi connectivity index (χ4v) is 4.31. The third kappa shape index (κ3) is 6.77. The lowest BCUT2D eigenvalue weighted by molar-refractivity contribution is 0.0955. The number of rotatable bonds is 10. The average molecular weight is 508 g/mol. The van der Waals surface area contributed by atoms with Crippen molar-refractivity contribution < 1.29 is 19.4 Å². The smallest absolute Gasteiger partial charge is 0.271 e.